The van der Waals surface area contributed by atoms with Gasteiger partial charge in [0.1, 0.15) is 0 Å². The number of para-hydroxylation sites is 1. The first-order chi connectivity index (χ1) is 12.6. The highest BCUT2D eigenvalue weighted by Crippen LogP contribution is 2.23. The molecule has 0 amide bonds. The second-order valence-electron chi connectivity index (χ2n) is 7.08. The van der Waals surface area contributed by atoms with E-state index in [1.807, 2.05) is 30.3 Å². The molecule has 0 radical (unpaired) electrons. The number of allylic oxidation sites excluding steroid dienone is 3. The van der Waals surface area contributed by atoms with Crippen LogP contribution in [0.15, 0.2) is 47.0 Å². The van der Waals surface area contributed by atoms with E-state index in [0.29, 0.717) is 12.6 Å². The van der Waals surface area contributed by atoms with Gasteiger partial charge in [0.15, 0.2) is 0 Å². The fraction of sp³-hybridized carbons (Fsp3) is 0.476. The van der Waals surface area contributed by atoms with E-state index in [2.05, 4.69) is 23.3 Å². The summed E-state index contributed by atoms with van der Waals surface area (Å²) in [4.78, 5) is 2.39. The molecule has 3 rings (SSSR count). The summed E-state index contributed by atoms with van der Waals surface area (Å²) >= 11 is 6.02. The van der Waals surface area contributed by atoms with Crippen molar-refractivity contribution in [1.29, 1.82) is 5.41 Å². The Hall–Kier alpha value is -1.78. The van der Waals surface area contributed by atoms with Gasteiger partial charge in [-0.2, -0.15) is 0 Å². The number of benzene rings is 1. The Kier molecular flexibility index (Phi) is 6.75. The highest BCUT2D eigenvalue weighted by molar-refractivity contribution is 6.29. The number of nitrogens with zero attached hydrogens (tertiary/aromatic N) is 1. The van der Waals surface area contributed by atoms with Gasteiger partial charge < -0.3 is 15.0 Å². The molecule has 0 aromatic heterocycles. The van der Waals surface area contributed by atoms with Crippen LogP contribution in [0, 0.1) is 5.41 Å². The standard InChI is InChI=1S/C21H28ClN3O/c1-25-13-4-5-18(25)12-14-26-21(23)19-6-2-3-7-20(19)24-15-16-8-10-17(22)11-9-16/h2-3,6-8,10,18,23-24H,4-5,9,11-15H2,1H3. The van der Waals surface area contributed by atoms with E-state index >= 15 is 0 Å². The van der Waals surface area contributed by atoms with Crippen LogP contribution >= 0.6 is 11.6 Å². The molecule has 0 bridgehead atoms. The zero-order valence-electron chi connectivity index (χ0n) is 15.4. The summed E-state index contributed by atoms with van der Waals surface area (Å²) in [6, 6.07) is 8.47. The van der Waals surface area contributed by atoms with Gasteiger partial charge >= 0.3 is 0 Å². The molecule has 4 nitrogen and oxygen atoms in total. The molecule has 1 heterocycles. The molecular weight excluding hydrogens is 346 g/mol. The van der Waals surface area contributed by atoms with E-state index in [1.54, 1.807) is 0 Å². The normalized spacial score (nSPS) is 20.5. The second kappa shape index (κ2) is 9.24. The van der Waals surface area contributed by atoms with Gasteiger partial charge in [-0.3, -0.25) is 5.41 Å². The van der Waals surface area contributed by atoms with Crippen LogP contribution in [0.2, 0.25) is 0 Å². The Morgan fingerprint density at radius 1 is 1.31 bits per heavy atom. The van der Waals surface area contributed by atoms with E-state index in [0.717, 1.165) is 42.1 Å². The minimum absolute atomic E-state index is 0.245. The predicted octanol–water partition coefficient (Wildman–Crippen LogP) is 4.77. The maximum absolute atomic E-state index is 8.33. The lowest BCUT2D eigenvalue weighted by Gasteiger charge is -2.20. The van der Waals surface area contributed by atoms with Crippen molar-refractivity contribution >= 4 is 23.2 Å². The van der Waals surface area contributed by atoms with Gasteiger partial charge in [0.05, 0.1) is 12.2 Å². The SMILES string of the molecule is CN1CCCC1CCOC(=N)c1ccccc1NCC1=CC=C(Cl)CC1. The molecule has 1 unspecified atom stereocenters. The van der Waals surface area contributed by atoms with Gasteiger partial charge in [-0.15, -0.1) is 0 Å². The first kappa shape index (κ1) is 19.0. The van der Waals surface area contributed by atoms with Crippen molar-refractivity contribution in [3.8, 4) is 0 Å². The highest BCUT2D eigenvalue weighted by atomic mass is 35.5. The van der Waals surface area contributed by atoms with Crippen LogP contribution in [0.25, 0.3) is 0 Å². The van der Waals surface area contributed by atoms with E-state index in [-0.39, 0.29) is 5.90 Å². The molecule has 0 saturated carbocycles. The maximum Gasteiger partial charge on any atom is 0.215 e. The molecule has 2 aliphatic rings. The van der Waals surface area contributed by atoms with Crippen molar-refractivity contribution < 1.29 is 4.74 Å². The Morgan fingerprint density at radius 2 is 2.15 bits per heavy atom. The van der Waals surface area contributed by atoms with Crippen molar-refractivity contribution in [2.75, 3.05) is 32.1 Å². The van der Waals surface area contributed by atoms with Crippen molar-refractivity contribution in [3.05, 3.63) is 52.6 Å². The van der Waals surface area contributed by atoms with Crippen molar-refractivity contribution in [1.82, 2.24) is 4.90 Å². The van der Waals surface area contributed by atoms with E-state index in [9.17, 15) is 0 Å². The number of halogens is 1. The first-order valence-corrected chi connectivity index (χ1v) is 9.80. The van der Waals surface area contributed by atoms with E-state index < -0.39 is 0 Å². The van der Waals surface area contributed by atoms with Crippen LogP contribution in [-0.4, -0.2) is 43.6 Å². The fourth-order valence-electron chi connectivity index (χ4n) is 3.57. The molecule has 26 heavy (non-hydrogen) atoms. The number of hydrogen-bond donors (Lipinski definition) is 2. The molecule has 1 fully saturated rings. The molecule has 1 aliphatic carbocycles. The average Bonchev–Trinajstić information content (AvgIpc) is 3.06. The molecule has 1 atom stereocenters. The van der Waals surface area contributed by atoms with Gasteiger partial charge in [0, 0.05) is 23.3 Å². The topological polar surface area (TPSA) is 48.4 Å². The van der Waals surface area contributed by atoms with Crippen LogP contribution in [0.5, 0.6) is 0 Å². The third kappa shape index (κ3) is 5.12. The summed E-state index contributed by atoms with van der Waals surface area (Å²) in [6.07, 6.45) is 9.42. The highest BCUT2D eigenvalue weighted by Gasteiger charge is 2.20. The molecule has 5 heteroatoms. The number of likely N-dealkylation sites (tertiary alicyclic amines) is 1. The minimum atomic E-state index is 0.245. The summed E-state index contributed by atoms with van der Waals surface area (Å²) in [7, 11) is 2.17. The first-order valence-electron chi connectivity index (χ1n) is 9.42. The quantitative estimate of drug-likeness (QED) is 0.534. The van der Waals surface area contributed by atoms with Crippen molar-refractivity contribution in [2.45, 2.75) is 38.1 Å². The van der Waals surface area contributed by atoms with Crippen LogP contribution in [-0.2, 0) is 4.74 Å². The van der Waals surface area contributed by atoms with Crippen LogP contribution < -0.4 is 5.32 Å². The predicted molar refractivity (Wildman–Crippen MR) is 109 cm³/mol. The number of nitrogens with one attached hydrogen (secondary N) is 2. The molecule has 2 N–H and O–H groups in total. The van der Waals surface area contributed by atoms with E-state index in [4.69, 9.17) is 21.7 Å². The van der Waals surface area contributed by atoms with Gasteiger partial charge in [0.25, 0.3) is 0 Å². The molecule has 140 valence electrons. The van der Waals surface area contributed by atoms with Gasteiger partial charge in [-0.1, -0.05) is 35.4 Å². The zero-order chi connectivity index (χ0) is 18.4. The third-order valence-corrected chi connectivity index (χ3v) is 5.55. The van der Waals surface area contributed by atoms with E-state index in [1.165, 1.54) is 25.0 Å². The molecule has 1 aromatic rings. The smallest absolute Gasteiger partial charge is 0.215 e. The lowest BCUT2D eigenvalue weighted by atomic mass is 10.0. The van der Waals surface area contributed by atoms with Gasteiger partial charge in [0.2, 0.25) is 5.90 Å². The van der Waals surface area contributed by atoms with Crippen LogP contribution in [0.1, 0.15) is 37.7 Å². The lowest BCUT2D eigenvalue weighted by molar-refractivity contribution is 0.226. The monoisotopic (exact) mass is 373 g/mol. The number of ether oxygens (including phenoxy) is 1. The number of hydrogen-bond acceptors (Lipinski definition) is 4. The van der Waals surface area contributed by atoms with Gasteiger partial charge in [-0.05, 0) is 63.9 Å². The number of anilines is 1. The fourth-order valence-corrected chi connectivity index (χ4v) is 3.72. The Bertz CT molecular complexity index is 698. The summed E-state index contributed by atoms with van der Waals surface area (Å²) < 4.78 is 5.76. The molecule has 0 spiro atoms. The summed E-state index contributed by atoms with van der Waals surface area (Å²) in [5.41, 5.74) is 3.08. The summed E-state index contributed by atoms with van der Waals surface area (Å²) in [5, 5.41) is 12.7. The Labute approximate surface area is 161 Å². The molecule has 1 saturated heterocycles. The van der Waals surface area contributed by atoms with Crippen LogP contribution in [0.3, 0.4) is 0 Å². The third-order valence-electron chi connectivity index (χ3n) is 5.23. The molecule has 1 aliphatic heterocycles. The van der Waals surface area contributed by atoms with Crippen molar-refractivity contribution in [2.24, 2.45) is 0 Å². The van der Waals surface area contributed by atoms with Gasteiger partial charge in [-0.25, -0.2) is 0 Å². The molecular formula is C21H28ClN3O. The van der Waals surface area contributed by atoms with Crippen molar-refractivity contribution in [3.63, 3.8) is 0 Å². The minimum Gasteiger partial charge on any atom is -0.478 e. The molecule has 1 aromatic carbocycles. The lowest BCUT2D eigenvalue weighted by Crippen LogP contribution is -2.26. The maximum atomic E-state index is 8.33. The largest absolute Gasteiger partial charge is 0.478 e. The second-order valence-corrected chi connectivity index (χ2v) is 7.57. The number of rotatable bonds is 7. The van der Waals surface area contributed by atoms with Crippen LogP contribution in [0.4, 0.5) is 5.69 Å². The average molecular weight is 374 g/mol. The zero-order valence-corrected chi connectivity index (χ0v) is 16.2. The Morgan fingerprint density at radius 3 is 2.88 bits per heavy atom. The summed E-state index contributed by atoms with van der Waals surface area (Å²) in [5.74, 6) is 0.245. The summed E-state index contributed by atoms with van der Waals surface area (Å²) in [6.45, 7) is 2.53. The Balaban J connectivity index is 1.53.